The highest BCUT2D eigenvalue weighted by Crippen LogP contribution is 2.27. The van der Waals surface area contributed by atoms with Gasteiger partial charge in [0.15, 0.2) is 0 Å². The third-order valence-corrected chi connectivity index (χ3v) is 4.09. The van der Waals surface area contributed by atoms with Crippen molar-refractivity contribution in [2.75, 3.05) is 12.4 Å². The van der Waals surface area contributed by atoms with Gasteiger partial charge < -0.3 is 10.1 Å². The highest BCUT2D eigenvalue weighted by atomic mass is 16.5. The summed E-state index contributed by atoms with van der Waals surface area (Å²) in [6.07, 6.45) is 4.60. The number of hydrogen-bond donors (Lipinski definition) is 1. The Bertz CT molecular complexity index is 579. The number of ether oxygens (including phenoxy) is 1. The Balaban J connectivity index is 1.63. The summed E-state index contributed by atoms with van der Waals surface area (Å²) in [5, 5.41) is 3.66. The van der Waals surface area contributed by atoms with Crippen molar-refractivity contribution in [2.45, 2.75) is 31.7 Å². The Labute approximate surface area is 120 Å². The highest BCUT2D eigenvalue weighted by molar-refractivity contribution is 5.53. The molecule has 0 bridgehead atoms. The Morgan fingerprint density at radius 1 is 1.10 bits per heavy atom. The van der Waals surface area contributed by atoms with E-state index in [4.69, 9.17) is 4.74 Å². The molecule has 0 saturated heterocycles. The van der Waals surface area contributed by atoms with Gasteiger partial charge in [0.2, 0.25) is 0 Å². The lowest BCUT2D eigenvalue weighted by Crippen LogP contribution is -2.25. The maximum atomic E-state index is 5.42. The molecule has 0 fully saturated rings. The molecule has 0 spiro atoms. The van der Waals surface area contributed by atoms with Crippen molar-refractivity contribution < 1.29 is 4.74 Å². The molecular weight excluding hydrogens is 246 g/mol. The molecule has 3 rings (SSSR count). The molecule has 1 N–H and O–H groups in total. The van der Waals surface area contributed by atoms with Crippen molar-refractivity contribution in [1.82, 2.24) is 0 Å². The Hall–Kier alpha value is -1.96. The third-order valence-electron chi connectivity index (χ3n) is 4.09. The zero-order chi connectivity index (χ0) is 13.8. The fourth-order valence-electron chi connectivity index (χ4n) is 2.96. The van der Waals surface area contributed by atoms with Gasteiger partial charge in [0.25, 0.3) is 0 Å². The molecule has 1 aliphatic heterocycles. The van der Waals surface area contributed by atoms with Gasteiger partial charge in [-0.2, -0.15) is 0 Å². The first kappa shape index (κ1) is 13.0. The van der Waals surface area contributed by atoms with Crippen molar-refractivity contribution >= 4 is 5.69 Å². The molecule has 1 heterocycles. The quantitative estimate of drug-likeness (QED) is 0.902. The van der Waals surface area contributed by atoms with Gasteiger partial charge in [-0.05, 0) is 48.9 Å². The van der Waals surface area contributed by atoms with E-state index in [-0.39, 0.29) is 0 Å². The lowest BCUT2D eigenvalue weighted by molar-refractivity contribution is 0.408. The predicted molar refractivity (Wildman–Crippen MR) is 83.5 cm³/mol. The summed E-state index contributed by atoms with van der Waals surface area (Å²) in [6.45, 7) is 0. The van der Waals surface area contributed by atoms with Crippen LogP contribution in [0.4, 0.5) is 5.69 Å². The topological polar surface area (TPSA) is 21.3 Å². The Morgan fingerprint density at radius 3 is 2.80 bits per heavy atom. The van der Waals surface area contributed by atoms with Crippen LogP contribution in [0.25, 0.3) is 0 Å². The van der Waals surface area contributed by atoms with Crippen LogP contribution < -0.4 is 10.1 Å². The first-order valence-corrected chi connectivity index (χ1v) is 7.33. The monoisotopic (exact) mass is 267 g/mol. The first-order chi connectivity index (χ1) is 9.86. The second kappa shape index (κ2) is 6.00. The number of rotatable bonds is 4. The van der Waals surface area contributed by atoms with E-state index in [2.05, 4.69) is 41.7 Å². The van der Waals surface area contributed by atoms with Crippen LogP contribution in [0.2, 0.25) is 0 Å². The van der Waals surface area contributed by atoms with E-state index < -0.39 is 0 Å². The number of aryl methyl sites for hydroxylation is 2. The minimum Gasteiger partial charge on any atom is -0.496 e. The van der Waals surface area contributed by atoms with Crippen LogP contribution in [0, 0.1) is 0 Å². The van der Waals surface area contributed by atoms with Gasteiger partial charge in [-0.1, -0.05) is 36.4 Å². The second-order valence-electron chi connectivity index (χ2n) is 5.39. The molecular formula is C18H21NO. The van der Waals surface area contributed by atoms with Crippen molar-refractivity contribution in [3.63, 3.8) is 0 Å². The van der Waals surface area contributed by atoms with Crippen LogP contribution in [0.15, 0.2) is 48.5 Å². The van der Waals surface area contributed by atoms with Crippen LogP contribution in [0.3, 0.4) is 0 Å². The summed E-state index contributed by atoms with van der Waals surface area (Å²) in [5.41, 5.74) is 4.06. The fourth-order valence-corrected chi connectivity index (χ4v) is 2.96. The predicted octanol–water partition coefficient (Wildman–Crippen LogP) is 4.05. The van der Waals surface area contributed by atoms with Crippen LogP contribution in [-0.2, 0) is 12.8 Å². The normalized spacial score (nSPS) is 17.1. The molecule has 0 radical (unpaired) electrons. The summed E-state index contributed by atoms with van der Waals surface area (Å²) in [6, 6.07) is 17.5. The molecule has 2 heteroatoms. The molecule has 0 aromatic heterocycles. The van der Waals surface area contributed by atoms with Crippen molar-refractivity contribution in [3.8, 4) is 5.75 Å². The van der Waals surface area contributed by atoms with Crippen LogP contribution >= 0.6 is 0 Å². The summed E-state index contributed by atoms with van der Waals surface area (Å²) >= 11 is 0. The number of fused-ring (bicyclic) bond motifs is 1. The van der Waals surface area contributed by atoms with E-state index >= 15 is 0 Å². The molecule has 2 aromatic carbocycles. The zero-order valence-corrected chi connectivity index (χ0v) is 11.9. The molecule has 0 saturated carbocycles. The van der Waals surface area contributed by atoms with Gasteiger partial charge in [0.05, 0.1) is 7.11 Å². The van der Waals surface area contributed by atoms with E-state index in [1.807, 2.05) is 12.1 Å². The zero-order valence-electron chi connectivity index (χ0n) is 11.9. The van der Waals surface area contributed by atoms with Gasteiger partial charge in [0, 0.05) is 11.7 Å². The molecule has 2 nitrogen and oxygen atoms in total. The van der Waals surface area contributed by atoms with E-state index in [0.717, 1.165) is 18.6 Å². The van der Waals surface area contributed by atoms with Crippen LogP contribution in [-0.4, -0.2) is 13.2 Å². The van der Waals surface area contributed by atoms with Crippen LogP contribution in [0.1, 0.15) is 24.0 Å². The van der Waals surface area contributed by atoms with E-state index in [1.165, 1.54) is 29.7 Å². The maximum Gasteiger partial charge on any atom is 0.122 e. The van der Waals surface area contributed by atoms with Crippen molar-refractivity contribution in [1.29, 1.82) is 0 Å². The van der Waals surface area contributed by atoms with E-state index in [0.29, 0.717) is 6.04 Å². The molecule has 1 aliphatic rings. The number of hydrogen-bond acceptors (Lipinski definition) is 2. The van der Waals surface area contributed by atoms with Gasteiger partial charge in [0.1, 0.15) is 5.75 Å². The maximum absolute atomic E-state index is 5.42. The summed E-state index contributed by atoms with van der Waals surface area (Å²) < 4.78 is 5.42. The van der Waals surface area contributed by atoms with E-state index in [1.54, 1.807) is 7.11 Å². The lowest BCUT2D eigenvalue weighted by atomic mass is 9.94. The largest absolute Gasteiger partial charge is 0.496 e. The average molecular weight is 267 g/mol. The Morgan fingerprint density at radius 2 is 1.90 bits per heavy atom. The minimum atomic E-state index is 0.565. The number of nitrogens with one attached hydrogen (secondary N) is 1. The molecule has 104 valence electrons. The molecule has 0 aliphatic carbocycles. The number of anilines is 1. The molecule has 1 unspecified atom stereocenters. The van der Waals surface area contributed by atoms with Crippen LogP contribution in [0.5, 0.6) is 5.75 Å². The van der Waals surface area contributed by atoms with E-state index in [9.17, 15) is 0 Å². The van der Waals surface area contributed by atoms with Gasteiger partial charge >= 0.3 is 0 Å². The summed E-state index contributed by atoms with van der Waals surface area (Å²) in [4.78, 5) is 0. The number of para-hydroxylation sites is 2. The fraction of sp³-hybridized carbons (Fsp3) is 0.333. The minimum absolute atomic E-state index is 0.565. The standard InChI is InChI=1S/C18H21NO/c1-20-18-9-5-3-7-15(18)11-13-16-12-10-14-6-2-4-8-17(14)19-16/h2-9,16,19H,10-13H2,1H3. The van der Waals surface area contributed by atoms with Crippen molar-refractivity contribution in [2.24, 2.45) is 0 Å². The average Bonchev–Trinajstić information content (AvgIpc) is 2.53. The van der Waals surface area contributed by atoms with Gasteiger partial charge in [-0.15, -0.1) is 0 Å². The second-order valence-corrected chi connectivity index (χ2v) is 5.39. The first-order valence-electron chi connectivity index (χ1n) is 7.33. The smallest absolute Gasteiger partial charge is 0.122 e. The molecule has 0 amide bonds. The molecule has 1 atom stereocenters. The molecule has 2 aromatic rings. The van der Waals surface area contributed by atoms with Crippen molar-refractivity contribution in [3.05, 3.63) is 59.7 Å². The highest BCUT2D eigenvalue weighted by Gasteiger charge is 2.17. The lowest BCUT2D eigenvalue weighted by Gasteiger charge is -2.27. The SMILES string of the molecule is COc1ccccc1CCC1CCc2ccccc2N1. The Kier molecular flexibility index (Phi) is 3.91. The number of benzene rings is 2. The number of methoxy groups -OCH3 is 1. The summed E-state index contributed by atoms with van der Waals surface area (Å²) in [5.74, 6) is 1.00. The van der Waals surface area contributed by atoms with Gasteiger partial charge in [-0.3, -0.25) is 0 Å². The summed E-state index contributed by atoms with van der Waals surface area (Å²) in [7, 11) is 1.74. The molecule has 20 heavy (non-hydrogen) atoms. The third kappa shape index (κ3) is 2.79. The van der Waals surface area contributed by atoms with Gasteiger partial charge in [-0.25, -0.2) is 0 Å².